The zero-order chi connectivity index (χ0) is 16.9. The molecular weight excluding hydrogens is 310 g/mol. The van der Waals surface area contributed by atoms with Gasteiger partial charge in [-0.25, -0.2) is 4.79 Å². The molecule has 24 heavy (non-hydrogen) atoms. The third-order valence-corrected chi connectivity index (χ3v) is 3.41. The minimum absolute atomic E-state index is 0.0404. The Balaban J connectivity index is 1.94. The van der Waals surface area contributed by atoms with Crippen LogP contribution >= 0.6 is 0 Å². The Hall–Kier alpha value is -3.28. The molecule has 0 fully saturated rings. The fourth-order valence-electron chi connectivity index (χ4n) is 2.18. The highest BCUT2D eigenvalue weighted by Crippen LogP contribution is 2.35. The lowest BCUT2D eigenvalue weighted by Crippen LogP contribution is -2.09. The van der Waals surface area contributed by atoms with Gasteiger partial charge in [-0.1, -0.05) is 30.3 Å². The summed E-state index contributed by atoms with van der Waals surface area (Å²) < 4.78 is 15.2. The quantitative estimate of drug-likeness (QED) is 0.404. The summed E-state index contributed by atoms with van der Waals surface area (Å²) in [5.41, 5.74) is 1.01. The van der Waals surface area contributed by atoms with Gasteiger partial charge in [0.2, 0.25) is 6.79 Å². The van der Waals surface area contributed by atoms with Gasteiger partial charge in [-0.2, -0.15) is 0 Å². The van der Waals surface area contributed by atoms with Gasteiger partial charge in [0, 0.05) is 17.8 Å². The van der Waals surface area contributed by atoms with Crippen molar-refractivity contribution >= 4 is 23.6 Å². The number of nitrogens with zero attached hydrogens (tertiary/aromatic N) is 1. The summed E-state index contributed by atoms with van der Waals surface area (Å²) in [7, 11) is 1.25. The number of methoxy groups -OCH3 is 1. The van der Waals surface area contributed by atoms with Gasteiger partial charge < -0.3 is 19.3 Å². The highest BCUT2D eigenvalue weighted by Gasteiger charge is 2.16. The van der Waals surface area contributed by atoms with Crippen LogP contribution < -0.4 is 9.47 Å². The third kappa shape index (κ3) is 3.22. The smallest absolute Gasteiger partial charge is 0.343 e. The van der Waals surface area contributed by atoms with Crippen LogP contribution in [0.4, 0.5) is 5.69 Å². The van der Waals surface area contributed by atoms with E-state index in [1.807, 2.05) is 6.07 Å². The molecule has 2 aromatic carbocycles. The standard InChI is InChI=1S/C18H15NO5/c1-22-18(21)14(17(20)12-5-3-2-4-6-12)10-19-13-7-8-15-16(9-13)24-11-23-15/h2-10,20H,11H2,1H3/b17-14+,19-10?. The summed E-state index contributed by atoms with van der Waals surface area (Å²) in [5, 5.41) is 10.4. The van der Waals surface area contributed by atoms with Gasteiger partial charge in [0.15, 0.2) is 11.5 Å². The summed E-state index contributed by atoms with van der Waals surface area (Å²) in [6.45, 7) is 0.171. The Kier molecular flexibility index (Phi) is 4.47. The first-order chi connectivity index (χ1) is 11.7. The van der Waals surface area contributed by atoms with Crippen LogP contribution in [0.1, 0.15) is 5.56 Å². The van der Waals surface area contributed by atoms with E-state index in [0.717, 1.165) is 0 Å². The number of fused-ring (bicyclic) bond motifs is 1. The van der Waals surface area contributed by atoms with E-state index in [2.05, 4.69) is 4.99 Å². The fraction of sp³-hybridized carbons (Fsp3) is 0.111. The number of ether oxygens (including phenoxy) is 3. The molecule has 2 aromatic rings. The van der Waals surface area contributed by atoms with Gasteiger partial charge >= 0.3 is 5.97 Å². The Morgan fingerprint density at radius 3 is 2.67 bits per heavy atom. The molecule has 6 nitrogen and oxygen atoms in total. The van der Waals surface area contributed by atoms with Crippen molar-refractivity contribution in [1.82, 2.24) is 0 Å². The van der Waals surface area contributed by atoms with E-state index in [4.69, 9.17) is 14.2 Å². The van der Waals surface area contributed by atoms with Crippen LogP contribution in [-0.2, 0) is 9.53 Å². The molecule has 3 rings (SSSR count). The van der Waals surface area contributed by atoms with Crippen LogP contribution in [0, 0.1) is 0 Å². The fourth-order valence-corrected chi connectivity index (χ4v) is 2.18. The van der Waals surface area contributed by atoms with Gasteiger partial charge in [-0.3, -0.25) is 4.99 Å². The van der Waals surface area contributed by atoms with Crippen LogP contribution in [-0.4, -0.2) is 31.2 Å². The molecule has 1 aliphatic heterocycles. The number of esters is 1. The third-order valence-electron chi connectivity index (χ3n) is 3.41. The molecule has 0 atom stereocenters. The lowest BCUT2D eigenvalue weighted by atomic mass is 10.1. The second-order valence-electron chi connectivity index (χ2n) is 4.92. The predicted octanol–water partition coefficient (Wildman–Crippen LogP) is 3.26. The average Bonchev–Trinajstić information content (AvgIpc) is 3.10. The molecule has 1 aliphatic rings. The van der Waals surface area contributed by atoms with E-state index in [0.29, 0.717) is 22.7 Å². The number of aliphatic hydroxyl groups excluding tert-OH is 1. The minimum Gasteiger partial charge on any atom is -0.506 e. The molecule has 0 saturated heterocycles. The van der Waals surface area contributed by atoms with Crippen LogP contribution in [0.15, 0.2) is 59.1 Å². The molecule has 1 N–H and O–H groups in total. The molecule has 0 radical (unpaired) electrons. The van der Waals surface area contributed by atoms with Crippen molar-refractivity contribution in [2.24, 2.45) is 4.99 Å². The first kappa shape index (κ1) is 15.6. The van der Waals surface area contributed by atoms with Crippen molar-refractivity contribution in [2.75, 3.05) is 13.9 Å². The molecule has 6 heteroatoms. The first-order valence-corrected chi connectivity index (χ1v) is 7.19. The number of rotatable bonds is 4. The molecule has 0 aromatic heterocycles. The van der Waals surface area contributed by atoms with Gasteiger partial charge in [0.25, 0.3) is 0 Å². The van der Waals surface area contributed by atoms with E-state index in [9.17, 15) is 9.90 Å². The topological polar surface area (TPSA) is 77.4 Å². The number of aliphatic hydroxyl groups is 1. The van der Waals surface area contributed by atoms with Crippen molar-refractivity contribution in [3.05, 3.63) is 59.7 Å². The first-order valence-electron chi connectivity index (χ1n) is 7.19. The van der Waals surface area contributed by atoms with Gasteiger partial charge in [0.1, 0.15) is 11.3 Å². The molecule has 122 valence electrons. The highest BCUT2D eigenvalue weighted by atomic mass is 16.7. The Labute approximate surface area is 138 Å². The maximum atomic E-state index is 12.0. The van der Waals surface area contributed by atoms with Crippen molar-refractivity contribution in [3.8, 4) is 11.5 Å². The van der Waals surface area contributed by atoms with Crippen molar-refractivity contribution in [2.45, 2.75) is 0 Å². The molecule has 0 amide bonds. The van der Waals surface area contributed by atoms with E-state index in [-0.39, 0.29) is 18.1 Å². The Morgan fingerprint density at radius 2 is 1.92 bits per heavy atom. The van der Waals surface area contributed by atoms with Gasteiger partial charge in [-0.15, -0.1) is 0 Å². The average molecular weight is 325 g/mol. The molecule has 0 spiro atoms. The molecule has 0 aliphatic carbocycles. The molecule has 0 bridgehead atoms. The summed E-state index contributed by atoms with van der Waals surface area (Å²) in [5.74, 6) is 0.345. The normalized spacial score (nSPS) is 13.7. The minimum atomic E-state index is -0.680. The van der Waals surface area contributed by atoms with E-state index in [1.165, 1.54) is 13.3 Å². The Morgan fingerprint density at radius 1 is 1.17 bits per heavy atom. The lowest BCUT2D eigenvalue weighted by Gasteiger charge is -2.05. The molecule has 0 saturated carbocycles. The maximum absolute atomic E-state index is 12.0. The zero-order valence-electron chi connectivity index (χ0n) is 12.9. The highest BCUT2D eigenvalue weighted by molar-refractivity contribution is 6.15. The van der Waals surface area contributed by atoms with Crippen LogP contribution in [0.3, 0.4) is 0 Å². The van der Waals surface area contributed by atoms with Crippen molar-refractivity contribution < 1.29 is 24.1 Å². The van der Waals surface area contributed by atoms with E-state index >= 15 is 0 Å². The maximum Gasteiger partial charge on any atom is 0.343 e. The molecule has 1 heterocycles. The van der Waals surface area contributed by atoms with Crippen LogP contribution in [0.5, 0.6) is 11.5 Å². The zero-order valence-corrected chi connectivity index (χ0v) is 12.9. The molecule has 0 unspecified atom stereocenters. The van der Waals surface area contributed by atoms with Gasteiger partial charge in [-0.05, 0) is 12.1 Å². The second-order valence-corrected chi connectivity index (χ2v) is 4.92. The summed E-state index contributed by atoms with van der Waals surface area (Å²) in [6, 6.07) is 13.8. The number of benzene rings is 2. The number of aliphatic imine (C=N–C) groups is 1. The van der Waals surface area contributed by atoms with E-state index < -0.39 is 5.97 Å². The van der Waals surface area contributed by atoms with Crippen molar-refractivity contribution in [3.63, 3.8) is 0 Å². The summed E-state index contributed by atoms with van der Waals surface area (Å²) in [4.78, 5) is 16.2. The summed E-state index contributed by atoms with van der Waals surface area (Å²) in [6.07, 6.45) is 1.27. The largest absolute Gasteiger partial charge is 0.506 e. The predicted molar refractivity (Wildman–Crippen MR) is 88.7 cm³/mol. The van der Waals surface area contributed by atoms with Gasteiger partial charge in [0.05, 0.1) is 12.8 Å². The lowest BCUT2D eigenvalue weighted by molar-refractivity contribution is -0.135. The number of carbonyl (C=O) groups excluding carboxylic acids is 1. The number of carbonyl (C=O) groups is 1. The SMILES string of the molecule is COC(=O)/C(C=Nc1ccc2c(c1)OCO2)=C(/O)c1ccccc1. The van der Waals surface area contributed by atoms with Crippen LogP contribution in [0.25, 0.3) is 5.76 Å². The number of hydrogen-bond donors (Lipinski definition) is 1. The summed E-state index contributed by atoms with van der Waals surface area (Å²) >= 11 is 0. The second kappa shape index (κ2) is 6.87. The Bertz CT molecular complexity index is 811. The van der Waals surface area contributed by atoms with Crippen LogP contribution in [0.2, 0.25) is 0 Å². The monoisotopic (exact) mass is 325 g/mol. The van der Waals surface area contributed by atoms with Crippen molar-refractivity contribution in [1.29, 1.82) is 0 Å². The van der Waals surface area contributed by atoms with E-state index in [1.54, 1.807) is 42.5 Å². The molecular formula is C18H15NO5. The number of hydrogen-bond acceptors (Lipinski definition) is 6.